The summed E-state index contributed by atoms with van der Waals surface area (Å²) in [4.78, 5) is 12.4. The second kappa shape index (κ2) is 5.49. The number of hydrogen-bond donors (Lipinski definition) is 0. The van der Waals surface area contributed by atoms with Crippen LogP contribution in [-0.4, -0.2) is 27.9 Å². The zero-order valence-electron chi connectivity index (χ0n) is 10.6. The molecule has 104 valence electrons. The van der Waals surface area contributed by atoms with E-state index in [4.69, 9.17) is 39.5 Å². The minimum absolute atomic E-state index is 0.205. The van der Waals surface area contributed by atoms with E-state index in [0.29, 0.717) is 11.6 Å². The molecular formula is C13H14Cl3NO2. The largest absolute Gasteiger partial charge is 0.346 e. The molecule has 19 heavy (non-hydrogen) atoms. The fraction of sp³-hybridized carbons (Fsp3) is 0.462. The first-order valence-electron chi connectivity index (χ1n) is 5.84. The maximum Gasteiger partial charge on any atom is 0.258 e. The summed E-state index contributed by atoms with van der Waals surface area (Å²) in [6.07, 6.45) is -0.205. The van der Waals surface area contributed by atoms with E-state index in [1.807, 2.05) is 26.0 Å². The van der Waals surface area contributed by atoms with Gasteiger partial charge in [0.15, 0.2) is 4.84 Å². The summed E-state index contributed by atoms with van der Waals surface area (Å²) in [6, 6.07) is 7.36. The predicted molar refractivity (Wildman–Crippen MR) is 76.6 cm³/mol. The van der Waals surface area contributed by atoms with Crippen LogP contribution in [0.1, 0.15) is 25.5 Å². The summed E-state index contributed by atoms with van der Waals surface area (Å²) < 4.78 is 5.90. The molecule has 1 fully saturated rings. The Balaban J connectivity index is 2.20. The van der Waals surface area contributed by atoms with Gasteiger partial charge in [0.2, 0.25) is 0 Å². The Bertz CT molecular complexity index is 473. The zero-order chi connectivity index (χ0) is 14.2. The molecule has 1 aromatic carbocycles. The van der Waals surface area contributed by atoms with Crippen molar-refractivity contribution < 1.29 is 9.53 Å². The lowest BCUT2D eigenvalue weighted by Crippen LogP contribution is -2.45. The first kappa shape index (κ1) is 14.9. The fourth-order valence-electron chi connectivity index (χ4n) is 2.16. The molecule has 1 aliphatic rings. The number of carbonyl (C=O) groups excluding carboxylic acids is 1. The van der Waals surface area contributed by atoms with Crippen LogP contribution in [0.4, 0.5) is 0 Å². The Labute approximate surface area is 127 Å². The van der Waals surface area contributed by atoms with Crippen molar-refractivity contribution in [2.24, 2.45) is 0 Å². The third kappa shape index (κ3) is 3.16. The van der Waals surface area contributed by atoms with Crippen LogP contribution < -0.4 is 0 Å². The van der Waals surface area contributed by atoms with E-state index in [9.17, 15) is 4.79 Å². The summed E-state index contributed by atoms with van der Waals surface area (Å²) in [5, 5.41) is 0.663. The summed E-state index contributed by atoms with van der Waals surface area (Å²) in [5.41, 5.74) is 0.233. The van der Waals surface area contributed by atoms with Gasteiger partial charge >= 0.3 is 0 Å². The van der Waals surface area contributed by atoms with Crippen LogP contribution in [0.5, 0.6) is 0 Å². The number of benzene rings is 1. The molecule has 0 N–H and O–H groups in total. The number of halogens is 3. The van der Waals surface area contributed by atoms with Crippen LogP contribution in [-0.2, 0) is 9.53 Å². The van der Waals surface area contributed by atoms with Crippen molar-refractivity contribution in [1.29, 1.82) is 0 Å². The van der Waals surface area contributed by atoms with Gasteiger partial charge in [-0.05, 0) is 31.5 Å². The topological polar surface area (TPSA) is 29.5 Å². The number of alkyl halides is 2. The van der Waals surface area contributed by atoms with E-state index < -0.39 is 10.6 Å². The third-order valence-electron chi connectivity index (χ3n) is 3.12. The molecule has 6 heteroatoms. The average Bonchev–Trinajstić information content (AvgIpc) is 2.65. The minimum atomic E-state index is -1.08. The van der Waals surface area contributed by atoms with E-state index in [2.05, 4.69) is 0 Å². The maximum atomic E-state index is 12.0. The highest BCUT2D eigenvalue weighted by Crippen LogP contribution is 2.36. The van der Waals surface area contributed by atoms with Crippen LogP contribution in [0, 0.1) is 0 Å². The Morgan fingerprint density at radius 3 is 2.47 bits per heavy atom. The quantitative estimate of drug-likeness (QED) is 0.776. The Morgan fingerprint density at radius 1 is 1.37 bits per heavy atom. The molecule has 3 nitrogen and oxygen atoms in total. The molecular weight excluding hydrogens is 309 g/mol. The van der Waals surface area contributed by atoms with E-state index >= 15 is 0 Å². The van der Waals surface area contributed by atoms with Crippen molar-refractivity contribution in [1.82, 2.24) is 4.90 Å². The average molecular weight is 323 g/mol. The van der Waals surface area contributed by atoms with E-state index in [0.717, 1.165) is 5.56 Å². The Morgan fingerprint density at radius 2 is 1.95 bits per heavy atom. The second-order valence-corrected chi connectivity index (χ2v) is 6.39. The molecule has 1 aromatic rings. The Hall–Kier alpha value is -0.480. The molecule has 1 unspecified atom stereocenters. The number of carbonyl (C=O) groups is 1. The third-order valence-corrected chi connectivity index (χ3v) is 3.75. The van der Waals surface area contributed by atoms with Crippen molar-refractivity contribution >= 4 is 40.7 Å². The van der Waals surface area contributed by atoms with Crippen molar-refractivity contribution in [3.05, 3.63) is 34.9 Å². The highest BCUT2D eigenvalue weighted by molar-refractivity contribution is 6.53. The number of amides is 1. The molecule has 0 radical (unpaired) electrons. The summed E-state index contributed by atoms with van der Waals surface area (Å²) >= 11 is 17.2. The van der Waals surface area contributed by atoms with E-state index in [1.165, 1.54) is 0 Å². The predicted octanol–water partition coefficient (Wildman–Crippen LogP) is 3.78. The zero-order valence-corrected chi connectivity index (χ0v) is 12.8. The molecule has 1 aliphatic heterocycles. The number of rotatable bonds is 2. The summed E-state index contributed by atoms with van der Waals surface area (Å²) in [7, 11) is 0. The number of nitrogens with zero attached hydrogens (tertiary/aromatic N) is 1. The Kier molecular flexibility index (Phi) is 4.31. The smallest absolute Gasteiger partial charge is 0.258 e. The molecule has 0 saturated carbocycles. The fourth-order valence-corrected chi connectivity index (χ4v) is 2.52. The van der Waals surface area contributed by atoms with Gasteiger partial charge in [0, 0.05) is 5.02 Å². The van der Waals surface area contributed by atoms with Gasteiger partial charge < -0.3 is 9.64 Å². The molecule has 1 heterocycles. The van der Waals surface area contributed by atoms with Gasteiger partial charge in [-0.3, -0.25) is 4.79 Å². The number of hydrogen-bond acceptors (Lipinski definition) is 2. The lowest BCUT2D eigenvalue weighted by molar-refractivity contribution is -0.144. The van der Waals surface area contributed by atoms with Crippen LogP contribution in [0.15, 0.2) is 24.3 Å². The molecule has 1 saturated heterocycles. The molecule has 0 aromatic heterocycles. The molecule has 0 bridgehead atoms. The highest BCUT2D eigenvalue weighted by Gasteiger charge is 2.44. The van der Waals surface area contributed by atoms with E-state index in [1.54, 1.807) is 17.0 Å². The van der Waals surface area contributed by atoms with Crippen molar-refractivity contribution in [3.8, 4) is 0 Å². The molecule has 0 spiro atoms. The van der Waals surface area contributed by atoms with Gasteiger partial charge in [-0.1, -0.05) is 46.9 Å². The standard InChI is InChI=1S/C13H14Cl3NO2/c1-13(2)17(12(18)11(15)16)7-10(19-13)8-3-5-9(14)6-4-8/h3-6,10-11H,7H2,1-2H3. The van der Waals surface area contributed by atoms with E-state index in [-0.39, 0.29) is 12.0 Å². The summed E-state index contributed by atoms with van der Waals surface area (Å²) in [6.45, 7) is 4.05. The van der Waals surface area contributed by atoms with Crippen molar-refractivity contribution in [3.63, 3.8) is 0 Å². The van der Waals surface area contributed by atoms with Crippen LogP contribution >= 0.6 is 34.8 Å². The van der Waals surface area contributed by atoms with Gasteiger partial charge in [-0.2, -0.15) is 0 Å². The summed E-state index contributed by atoms with van der Waals surface area (Å²) in [5.74, 6) is -0.343. The van der Waals surface area contributed by atoms with Gasteiger partial charge in [-0.15, -0.1) is 0 Å². The van der Waals surface area contributed by atoms with Gasteiger partial charge in [0.25, 0.3) is 5.91 Å². The molecule has 1 atom stereocenters. The number of ether oxygens (including phenoxy) is 1. The molecule has 0 aliphatic carbocycles. The van der Waals surface area contributed by atoms with Gasteiger partial charge in [0.05, 0.1) is 6.54 Å². The second-order valence-electron chi connectivity index (χ2n) is 4.85. The van der Waals surface area contributed by atoms with Crippen molar-refractivity contribution in [2.75, 3.05) is 6.54 Å². The maximum absolute atomic E-state index is 12.0. The normalized spacial score (nSPS) is 22.0. The first-order chi connectivity index (χ1) is 8.81. The highest BCUT2D eigenvalue weighted by atomic mass is 35.5. The first-order valence-corrected chi connectivity index (χ1v) is 7.09. The van der Waals surface area contributed by atoms with Crippen LogP contribution in [0.25, 0.3) is 0 Å². The minimum Gasteiger partial charge on any atom is -0.346 e. The molecule has 1 amide bonds. The SMILES string of the molecule is CC1(C)OC(c2ccc(Cl)cc2)CN1C(=O)C(Cl)Cl. The lowest BCUT2D eigenvalue weighted by atomic mass is 10.1. The van der Waals surface area contributed by atoms with Crippen LogP contribution in [0.3, 0.4) is 0 Å². The van der Waals surface area contributed by atoms with Gasteiger partial charge in [0.1, 0.15) is 11.8 Å². The molecule has 2 rings (SSSR count). The van der Waals surface area contributed by atoms with Crippen LogP contribution in [0.2, 0.25) is 5.02 Å². The lowest BCUT2D eigenvalue weighted by Gasteiger charge is -2.30. The van der Waals surface area contributed by atoms with Crippen molar-refractivity contribution in [2.45, 2.75) is 30.5 Å². The van der Waals surface area contributed by atoms with Gasteiger partial charge in [-0.25, -0.2) is 0 Å². The monoisotopic (exact) mass is 321 g/mol.